The molecule has 0 bridgehead atoms. The minimum absolute atomic E-state index is 0.690. The Kier molecular flexibility index (Phi) is 3.93. The Morgan fingerprint density at radius 3 is 1.76 bits per heavy atom. The summed E-state index contributed by atoms with van der Waals surface area (Å²) < 4.78 is 12.7. The van der Waals surface area contributed by atoms with E-state index in [1.165, 1.54) is 0 Å². The summed E-state index contributed by atoms with van der Waals surface area (Å²) in [7, 11) is 0. The summed E-state index contributed by atoms with van der Waals surface area (Å²) in [5, 5.41) is 4.90. The molecule has 0 radical (unpaired) electrons. The highest BCUT2D eigenvalue weighted by atomic mass is 35.5. The molecule has 5 aromatic carbocycles. The first-order valence-electron chi connectivity index (χ1n) is 10.9. The van der Waals surface area contributed by atoms with E-state index in [2.05, 4.69) is 54.6 Å². The standard InChI is InChI=1S/C30H17ClO2/c31-25-17-16-23(30-28(25)24-11-4-6-15-27(24)33-30)19-9-2-1-8-18(19)21-12-7-13-22-20-10-3-5-14-26(20)32-29(21)22/h1-17H. The second-order valence-electron chi connectivity index (χ2n) is 8.22. The van der Waals surface area contributed by atoms with Crippen molar-refractivity contribution in [1.82, 2.24) is 0 Å². The SMILES string of the molecule is Clc1ccc(-c2ccccc2-c2cccc3c2oc2ccccc23)c2oc3ccccc3c12. The highest BCUT2D eigenvalue weighted by Gasteiger charge is 2.19. The molecular weight excluding hydrogens is 428 g/mol. The highest BCUT2D eigenvalue weighted by Crippen LogP contribution is 2.44. The minimum Gasteiger partial charge on any atom is -0.455 e. The van der Waals surface area contributed by atoms with Gasteiger partial charge in [-0.05, 0) is 35.4 Å². The van der Waals surface area contributed by atoms with Gasteiger partial charge in [0, 0.05) is 32.7 Å². The van der Waals surface area contributed by atoms with Gasteiger partial charge in [0.1, 0.15) is 22.3 Å². The molecule has 7 rings (SSSR count). The second-order valence-corrected chi connectivity index (χ2v) is 8.63. The third-order valence-corrected chi connectivity index (χ3v) is 6.70. The molecule has 7 aromatic rings. The molecule has 0 unspecified atom stereocenters. The summed E-state index contributed by atoms with van der Waals surface area (Å²) in [6.07, 6.45) is 0. The van der Waals surface area contributed by atoms with Crippen LogP contribution in [-0.2, 0) is 0 Å². The van der Waals surface area contributed by atoms with Gasteiger partial charge in [0.2, 0.25) is 0 Å². The summed E-state index contributed by atoms with van der Waals surface area (Å²) in [6, 6.07) is 34.9. The first kappa shape index (κ1) is 18.6. The van der Waals surface area contributed by atoms with Crippen molar-refractivity contribution < 1.29 is 8.83 Å². The summed E-state index contributed by atoms with van der Waals surface area (Å²) in [5.41, 5.74) is 7.64. The quantitative estimate of drug-likeness (QED) is 0.265. The molecular formula is C30H17ClO2. The maximum Gasteiger partial charge on any atom is 0.144 e. The van der Waals surface area contributed by atoms with Crippen LogP contribution in [0.3, 0.4) is 0 Å². The summed E-state index contributed by atoms with van der Waals surface area (Å²) in [4.78, 5) is 0. The van der Waals surface area contributed by atoms with Crippen molar-refractivity contribution in [3.8, 4) is 22.3 Å². The number of benzene rings is 5. The molecule has 0 aliphatic rings. The fourth-order valence-corrected chi connectivity index (χ4v) is 5.16. The van der Waals surface area contributed by atoms with Crippen LogP contribution >= 0.6 is 11.6 Å². The topological polar surface area (TPSA) is 26.3 Å². The van der Waals surface area contributed by atoms with E-state index in [-0.39, 0.29) is 0 Å². The predicted octanol–water partition coefficient (Wildman–Crippen LogP) is 9.47. The second kappa shape index (κ2) is 6.99. The number of halogens is 1. The zero-order chi connectivity index (χ0) is 21.9. The molecule has 3 heteroatoms. The monoisotopic (exact) mass is 444 g/mol. The van der Waals surface area contributed by atoms with Crippen molar-refractivity contribution in [3.05, 3.63) is 108 Å². The maximum atomic E-state index is 6.64. The van der Waals surface area contributed by atoms with Gasteiger partial charge in [-0.1, -0.05) is 90.5 Å². The van der Waals surface area contributed by atoms with Crippen LogP contribution in [0.2, 0.25) is 5.02 Å². The van der Waals surface area contributed by atoms with E-state index in [9.17, 15) is 0 Å². The highest BCUT2D eigenvalue weighted by molar-refractivity contribution is 6.38. The number of fused-ring (bicyclic) bond motifs is 6. The van der Waals surface area contributed by atoms with E-state index in [4.69, 9.17) is 20.4 Å². The predicted molar refractivity (Wildman–Crippen MR) is 137 cm³/mol. The molecule has 2 heterocycles. The van der Waals surface area contributed by atoms with Crippen LogP contribution in [0.4, 0.5) is 0 Å². The van der Waals surface area contributed by atoms with E-state index in [0.29, 0.717) is 5.02 Å². The number of furan rings is 2. The van der Waals surface area contributed by atoms with Gasteiger partial charge in [-0.25, -0.2) is 0 Å². The third kappa shape index (κ3) is 2.68. The molecule has 33 heavy (non-hydrogen) atoms. The molecule has 0 saturated heterocycles. The van der Waals surface area contributed by atoms with E-state index >= 15 is 0 Å². The molecule has 0 N–H and O–H groups in total. The summed E-state index contributed by atoms with van der Waals surface area (Å²) in [6.45, 7) is 0. The Morgan fingerprint density at radius 2 is 0.970 bits per heavy atom. The lowest BCUT2D eigenvalue weighted by molar-refractivity contribution is 0.669. The smallest absolute Gasteiger partial charge is 0.144 e. The van der Waals surface area contributed by atoms with Gasteiger partial charge < -0.3 is 8.83 Å². The van der Waals surface area contributed by atoms with E-state index < -0.39 is 0 Å². The summed E-state index contributed by atoms with van der Waals surface area (Å²) >= 11 is 6.64. The van der Waals surface area contributed by atoms with Crippen molar-refractivity contribution in [2.24, 2.45) is 0 Å². The molecule has 0 saturated carbocycles. The van der Waals surface area contributed by atoms with Crippen LogP contribution in [0.25, 0.3) is 66.1 Å². The molecule has 0 aliphatic carbocycles. The third-order valence-electron chi connectivity index (χ3n) is 6.39. The average Bonchev–Trinajstić information content (AvgIpc) is 3.44. The van der Waals surface area contributed by atoms with Crippen LogP contribution < -0.4 is 0 Å². The van der Waals surface area contributed by atoms with Crippen molar-refractivity contribution in [3.63, 3.8) is 0 Å². The fraction of sp³-hybridized carbons (Fsp3) is 0. The number of hydrogen-bond acceptors (Lipinski definition) is 2. The van der Waals surface area contributed by atoms with Crippen LogP contribution in [0.5, 0.6) is 0 Å². The van der Waals surface area contributed by atoms with E-state index in [1.807, 2.05) is 48.5 Å². The van der Waals surface area contributed by atoms with Crippen molar-refractivity contribution in [1.29, 1.82) is 0 Å². The van der Waals surface area contributed by atoms with Gasteiger partial charge in [-0.15, -0.1) is 0 Å². The summed E-state index contributed by atoms with van der Waals surface area (Å²) in [5.74, 6) is 0. The van der Waals surface area contributed by atoms with Gasteiger partial charge >= 0.3 is 0 Å². The van der Waals surface area contributed by atoms with Gasteiger partial charge in [0.05, 0.1) is 5.02 Å². The molecule has 2 aromatic heterocycles. The Labute approximate surface area is 194 Å². The van der Waals surface area contributed by atoms with Crippen LogP contribution in [0, 0.1) is 0 Å². The zero-order valence-corrected chi connectivity index (χ0v) is 18.3. The molecule has 156 valence electrons. The van der Waals surface area contributed by atoms with Crippen LogP contribution in [-0.4, -0.2) is 0 Å². The van der Waals surface area contributed by atoms with Gasteiger partial charge in [-0.2, -0.15) is 0 Å². The van der Waals surface area contributed by atoms with E-state index in [1.54, 1.807) is 0 Å². The average molecular weight is 445 g/mol. The minimum atomic E-state index is 0.690. The molecule has 0 amide bonds. The Hall–Kier alpha value is -4.01. The number of rotatable bonds is 2. The lowest BCUT2D eigenvalue weighted by Crippen LogP contribution is -1.87. The van der Waals surface area contributed by atoms with Crippen molar-refractivity contribution >= 4 is 55.5 Å². The molecule has 0 spiro atoms. The number of para-hydroxylation sites is 3. The molecule has 2 nitrogen and oxygen atoms in total. The Bertz CT molecular complexity index is 1840. The first-order valence-corrected chi connectivity index (χ1v) is 11.3. The van der Waals surface area contributed by atoms with Crippen molar-refractivity contribution in [2.75, 3.05) is 0 Å². The molecule has 0 aliphatic heterocycles. The zero-order valence-electron chi connectivity index (χ0n) is 17.5. The van der Waals surface area contributed by atoms with E-state index in [0.717, 1.165) is 66.1 Å². The van der Waals surface area contributed by atoms with Gasteiger partial charge in [0.15, 0.2) is 0 Å². The van der Waals surface area contributed by atoms with Crippen LogP contribution in [0.15, 0.2) is 112 Å². The lowest BCUT2D eigenvalue weighted by Gasteiger charge is -2.11. The lowest BCUT2D eigenvalue weighted by atomic mass is 9.92. The van der Waals surface area contributed by atoms with Gasteiger partial charge in [0.25, 0.3) is 0 Å². The maximum absolute atomic E-state index is 6.64. The first-order chi connectivity index (χ1) is 16.3. The van der Waals surface area contributed by atoms with Gasteiger partial charge in [-0.3, -0.25) is 0 Å². The number of hydrogen-bond donors (Lipinski definition) is 0. The fourth-order valence-electron chi connectivity index (χ4n) is 4.91. The Morgan fingerprint density at radius 1 is 0.424 bits per heavy atom. The Balaban J connectivity index is 1.56. The molecule has 0 fully saturated rings. The van der Waals surface area contributed by atoms with Crippen LogP contribution in [0.1, 0.15) is 0 Å². The largest absolute Gasteiger partial charge is 0.455 e. The normalized spacial score (nSPS) is 11.8. The molecule has 0 atom stereocenters. The van der Waals surface area contributed by atoms with Crippen molar-refractivity contribution in [2.45, 2.75) is 0 Å².